The Morgan fingerprint density at radius 3 is 2.33 bits per heavy atom. The van der Waals surface area contributed by atoms with Crippen molar-refractivity contribution in [1.82, 2.24) is 4.90 Å². The largest absolute Gasteiger partial charge is 0.341 e. The van der Waals surface area contributed by atoms with Gasteiger partial charge in [-0.2, -0.15) is 0 Å². The summed E-state index contributed by atoms with van der Waals surface area (Å²) in [7, 11) is 1.87. The predicted molar refractivity (Wildman–Crippen MR) is 85.3 cm³/mol. The molecule has 0 saturated heterocycles. The third-order valence-electron chi connectivity index (χ3n) is 4.16. The minimum atomic E-state index is -0.401. The Morgan fingerprint density at radius 2 is 1.71 bits per heavy atom. The summed E-state index contributed by atoms with van der Waals surface area (Å²) in [5, 5.41) is 0.691. The summed E-state index contributed by atoms with van der Waals surface area (Å²) < 4.78 is 0. The highest BCUT2D eigenvalue weighted by atomic mass is 35.5. The van der Waals surface area contributed by atoms with Crippen LogP contribution in [0, 0.1) is 0 Å². The van der Waals surface area contributed by atoms with Gasteiger partial charge in [0.25, 0.3) is 0 Å². The van der Waals surface area contributed by atoms with Gasteiger partial charge in [0.15, 0.2) is 0 Å². The number of carbonyl (C=O) groups is 1. The summed E-state index contributed by atoms with van der Waals surface area (Å²) >= 11 is 6.29. The second kappa shape index (κ2) is 5.53. The fourth-order valence-corrected chi connectivity index (χ4v) is 3.18. The van der Waals surface area contributed by atoms with Crippen molar-refractivity contribution >= 4 is 17.5 Å². The summed E-state index contributed by atoms with van der Waals surface area (Å²) in [5.74, 6) is 0.166. The molecule has 3 rings (SSSR count). The van der Waals surface area contributed by atoms with Crippen LogP contribution in [0.25, 0.3) is 0 Å². The molecule has 3 heteroatoms. The molecule has 21 heavy (non-hydrogen) atoms. The second-order valence-corrected chi connectivity index (χ2v) is 6.12. The molecule has 108 valence electrons. The zero-order valence-electron chi connectivity index (χ0n) is 12.1. The first kappa shape index (κ1) is 14.2. The van der Waals surface area contributed by atoms with Crippen LogP contribution in [0.15, 0.2) is 54.6 Å². The van der Waals surface area contributed by atoms with Crippen LogP contribution in [-0.2, 0) is 16.8 Å². The lowest BCUT2D eigenvalue weighted by atomic mass is 9.94. The van der Waals surface area contributed by atoms with Crippen molar-refractivity contribution in [2.24, 2.45) is 0 Å². The van der Waals surface area contributed by atoms with E-state index >= 15 is 0 Å². The van der Waals surface area contributed by atoms with Gasteiger partial charge in [0.05, 0.1) is 5.41 Å². The fourth-order valence-electron chi connectivity index (χ4n) is 2.87. The highest BCUT2D eigenvalue weighted by Crippen LogP contribution is 2.51. The van der Waals surface area contributed by atoms with Crippen molar-refractivity contribution in [3.8, 4) is 0 Å². The van der Waals surface area contributed by atoms with Crippen molar-refractivity contribution in [3.63, 3.8) is 0 Å². The van der Waals surface area contributed by atoms with Gasteiger partial charge >= 0.3 is 0 Å². The molecular formula is C18H18ClNO. The third kappa shape index (κ3) is 2.68. The standard InChI is InChI=1S/C18H18ClNO/c1-20(13-14-7-3-2-4-8-14)17(21)18(11-12-18)15-9-5-6-10-16(15)19/h2-10H,11-13H2,1H3. The molecule has 0 atom stereocenters. The van der Waals surface area contributed by atoms with E-state index in [1.54, 1.807) is 0 Å². The van der Waals surface area contributed by atoms with Gasteiger partial charge in [-0.3, -0.25) is 4.79 Å². The molecule has 2 aromatic rings. The Bertz CT molecular complexity index is 649. The van der Waals surface area contributed by atoms with Gasteiger partial charge in [0, 0.05) is 18.6 Å². The van der Waals surface area contributed by atoms with E-state index < -0.39 is 5.41 Å². The molecular weight excluding hydrogens is 282 g/mol. The molecule has 2 aromatic carbocycles. The summed E-state index contributed by atoms with van der Waals surface area (Å²) in [4.78, 5) is 14.7. The molecule has 1 aliphatic rings. The molecule has 0 spiro atoms. The average Bonchev–Trinajstić information content (AvgIpc) is 3.29. The molecule has 0 aromatic heterocycles. The normalized spacial score (nSPS) is 15.5. The van der Waals surface area contributed by atoms with Crippen LogP contribution < -0.4 is 0 Å². The van der Waals surface area contributed by atoms with E-state index in [1.165, 1.54) is 0 Å². The molecule has 1 aliphatic carbocycles. The molecule has 1 amide bonds. The van der Waals surface area contributed by atoms with Gasteiger partial charge in [-0.1, -0.05) is 60.1 Å². The first-order chi connectivity index (χ1) is 10.1. The number of likely N-dealkylation sites (N-methyl/N-ethyl adjacent to an activating group) is 1. The third-order valence-corrected chi connectivity index (χ3v) is 4.49. The minimum absolute atomic E-state index is 0.166. The molecule has 0 aliphatic heterocycles. The zero-order valence-corrected chi connectivity index (χ0v) is 12.8. The quantitative estimate of drug-likeness (QED) is 0.834. The molecule has 2 nitrogen and oxygen atoms in total. The van der Waals surface area contributed by atoms with E-state index in [0.717, 1.165) is 24.0 Å². The maximum atomic E-state index is 12.9. The van der Waals surface area contributed by atoms with Gasteiger partial charge in [-0.15, -0.1) is 0 Å². The number of amides is 1. The monoisotopic (exact) mass is 299 g/mol. The number of halogens is 1. The molecule has 1 saturated carbocycles. The Kier molecular flexibility index (Phi) is 3.73. The van der Waals surface area contributed by atoms with Gasteiger partial charge in [-0.05, 0) is 30.0 Å². The van der Waals surface area contributed by atoms with E-state index in [9.17, 15) is 4.79 Å². The van der Waals surface area contributed by atoms with Crippen LogP contribution in [0.3, 0.4) is 0 Å². The molecule has 0 unspecified atom stereocenters. The minimum Gasteiger partial charge on any atom is -0.341 e. The Balaban J connectivity index is 1.80. The summed E-state index contributed by atoms with van der Waals surface area (Å²) in [5.41, 5.74) is 1.71. The molecule has 0 radical (unpaired) electrons. The van der Waals surface area contributed by atoms with Crippen molar-refractivity contribution in [2.75, 3.05) is 7.05 Å². The van der Waals surface area contributed by atoms with Crippen LogP contribution in [0.1, 0.15) is 24.0 Å². The lowest BCUT2D eigenvalue weighted by molar-refractivity contribution is -0.133. The Morgan fingerprint density at radius 1 is 1.10 bits per heavy atom. The van der Waals surface area contributed by atoms with Gasteiger partial charge in [-0.25, -0.2) is 0 Å². The molecule has 1 fully saturated rings. The van der Waals surface area contributed by atoms with E-state index in [4.69, 9.17) is 11.6 Å². The SMILES string of the molecule is CN(Cc1ccccc1)C(=O)C1(c2ccccc2Cl)CC1. The second-order valence-electron chi connectivity index (χ2n) is 5.71. The topological polar surface area (TPSA) is 20.3 Å². The van der Waals surface area contributed by atoms with Crippen LogP contribution in [0.4, 0.5) is 0 Å². The van der Waals surface area contributed by atoms with Crippen molar-refractivity contribution in [3.05, 3.63) is 70.7 Å². The number of hydrogen-bond donors (Lipinski definition) is 0. The van der Waals surface area contributed by atoms with Crippen LogP contribution in [-0.4, -0.2) is 17.9 Å². The summed E-state index contributed by atoms with van der Waals surface area (Å²) in [6.07, 6.45) is 1.77. The maximum absolute atomic E-state index is 12.9. The van der Waals surface area contributed by atoms with E-state index in [1.807, 2.05) is 66.5 Å². The van der Waals surface area contributed by atoms with Crippen LogP contribution in [0.5, 0.6) is 0 Å². The van der Waals surface area contributed by atoms with Crippen LogP contribution in [0.2, 0.25) is 5.02 Å². The highest BCUT2D eigenvalue weighted by Gasteiger charge is 2.53. The van der Waals surface area contributed by atoms with E-state index in [-0.39, 0.29) is 5.91 Å². The fraction of sp³-hybridized carbons (Fsp3) is 0.278. The number of benzene rings is 2. The lowest BCUT2D eigenvalue weighted by Crippen LogP contribution is -2.36. The van der Waals surface area contributed by atoms with E-state index in [0.29, 0.717) is 11.6 Å². The van der Waals surface area contributed by atoms with Crippen molar-refractivity contribution in [2.45, 2.75) is 24.8 Å². The highest BCUT2D eigenvalue weighted by molar-refractivity contribution is 6.31. The van der Waals surface area contributed by atoms with Crippen molar-refractivity contribution < 1.29 is 4.79 Å². The summed E-state index contributed by atoms with van der Waals surface area (Å²) in [6.45, 7) is 0.631. The van der Waals surface area contributed by atoms with E-state index in [2.05, 4.69) is 0 Å². The molecule has 0 N–H and O–H groups in total. The van der Waals surface area contributed by atoms with Gasteiger partial charge in [0.2, 0.25) is 5.91 Å². The summed E-state index contributed by atoms with van der Waals surface area (Å²) in [6, 6.07) is 17.7. The molecule has 0 heterocycles. The Hall–Kier alpha value is -1.80. The smallest absolute Gasteiger partial charge is 0.233 e. The van der Waals surface area contributed by atoms with Gasteiger partial charge in [0.1, 0.15) is 0 Å². The number of hydrogen-bond acceptors (Lipinski definition) is 1. The first-order valence-corrected chi connectivity index (χ1v) is 7.56. The first-order valence-electron chi connectivity index (χ1n) is 7.18. The molecule has 0 bridgehead atoms. The maximum Gasteiger partial charge on any atom is 0.233 e. The van der Waals surface area contributed by atoms with Gasteiger partial charge < -0.3 is 4.90 Å². The van der Waals surface area contributed by atoms with Crippen LogP contribution >= 0.6 is 11.6 Å². The predicted octanol–water partition coefficient (Wildman–Crippen LogP) is 4.03. The average molecular weight is 300 g/mol. The van der Waals surface area contributed by atoms with Crippen molar-refractivity contribution in [1.29, 1.82) is 0 Å². The number of carbonyl (C=O) groups excluding carboxylic acids is 1. The zero-order chi connectivity index (χ0) is 14.9. The number of rotatable bonds is 4. The number of nitrogens with zero attached hydrogens (tertiary/aromatic N) is 1. The Labute approximate surface area is 130 Å². The lowest BCUT2D eigenvalue weighted by Gasteiger charge is -2.24.